The molecular weight excluding hydrogens is 420 g/mol. The minimum atomic E-state index is -0.0578. The van der Waals surface area contributed by atoms with Crippen LogP contribution in [0.2, 0.25) is 5.02 Å². The van der Waals surface area contributed by atoms with Crippen LogP contribution >= 0.6 is 22.9 Å². The molecule has 7 heteroatoms. The van der Waals surface area contributed by atoms with Crippen molar-refractivity contribution in [2.24, 2.45) is 0 Å². The second kappa shape index (κ2) is 8.90. The molecule has 1 saturated heterocycles. The topological polar surface area (TPSA) is 49.9 Å². The highest BCUT2D eigenvalue weighted by atomic mass is 35.5. The monoisotopic (exact) mass is 440 g/mol. The van der Waals surface area contributed by atoms with Gasteiger partial charge in [0.25, 0.3) is 11.8 Å². The third kappa shape index (κ3) is 4.20. The Bertz CT molecular complexity index is 1040. The smallest absolute Gasteiger partial charge is 0.267 e. The number of rotatable bonds is 4. The van der Waals surface area contributed by atoms with Crippen LogP contribution in [0, 0.1) is 0 Å². The molecule has 0 atom stereocenters. The zero-order valence-corrected chi connectivity index (χ0v) is 18.1. The molecule has 2 heterocycles. The first-order chi connectivity index (χ1) is 14.6. The summed E-state index contributed by atoms with van der Waals surface area (Å²) in [5.41, 5.74) is 1.66. The zero-order valence-electron chi connectivity index (χ0n) is 16.5. The number of ether oxygens (including phenoxy) is 1. The second-order valence-electron chi connectivity index (χ2n) is 6.97. The normalized spacial score (nSPS) is 13.9. The zero-order chi connectivity index (χ0) is 21.1. The van der Waals surface area contributed by atoms with Gasteiger partial charge in [-0.2, -0.15) is 0 Å². The van der Waals surface area contributed by atoms with Crippen molar-refractivity contribution in [1.29, 1.82) is 0 Å². The highest BCUT2D eigenvalue weighted by molar-refractivity contribution is 7.17. The lowest BCUT2D eigenvalue weighted by Gasteiger charge is -2.34. The first-order valence-electron chi connectivity index (χ1n) is 9.64. The van der Waals surface area contributed by atoms with E-state index in [9.17, 15) is 9.59 Å². The number of halogens is 1. The van der Waals surface area contributed by atoms with Gasteiger partial charge in [0, 0.05) is 41.6 Å². The minimum absolute atomic E-state index is 0.0427. The summed E-state index contributed by atoms with van der Waals surface area (Å²) in [6.45, 7) is 1.96. The van der Waals surface area contributed by atoms with E-state index in [4.69, 9.17) is 16.3 Å². The molecule has 4 rings (SSSR count). The summed E-state index contributed by atoms with van der Waals surface area (Å²) in [5, 5.41) is 0.599. The molecule has 1 fully saturated rings. The van der Waals surface area contributed by atoms with Gasteiger partial charge >= 0.3 is 0 Å². The largest absolute Gasteiger partial charge is 0.495 e. The first kappa shape index (κ1) is 20.4. The van der Waals surface area contributed by atoms with Crippen LogP contribution in [0.5, 0.6) is 5.75 Å². The number of amides is 2. The van der Waals surface area contributed by atoms with Gasteiger partial charge in [-0.15, -0.1) is 11.3 Å². The van der Waals surface area contributed by atoms with Crippen LogP contribution in [-0.4, -0.2) is 54.9 Å². The molecule has 5 nitrogen and oxygen atoms in total. The number of nitrogens with zero attached hydrogens (tertiary/aromatic N) is 2. The van der Waals surface area contributed by atoms with Crippen molar-refractivity contribution in [3.05, 3.63) is 76.1 Å². The van der Waals surface area contributed by atoms with Gasteiger partial charge < -0.3 is 14.5 Å². The Morgan fingerprint density at radius 2 is 1.50 bits per heavy atom. The second-order valence-corrected chi connectivity index (χ2v) is 8.45. The van der Waals surface area contributed by atoms with Crippen LogP contribution in [0.4, 0.5) is 0 Å². The van der Waals surface area contributed by atoms with Gasteiger partial charge in [0.2, 0.25) is 0 Å². The van der Waals surface area contributed by atoms with Crippen molar-refractivity contribution in [2.75, 3.05) is 33.3 Å². The number of methoxy groups -OCH3 is 1. The van der Waals surface area contributed by atoms with E-state index in [1.54, 1.807) is 41.2 Å². The fourth-order valence-electron chi connectivity index (χ4n) is 3.45. The van der Waals surface area contributed by atoms with Crippen molar-refractivity contribution >= 4 is 34.8 Å². The van der Waals surface area contributed by atoms with Crippen LogP contribution in [0.1, 0.15) is 20.0 Å². The Labute approximate surface area is 184 Å². The van der Waals surface area contributed by atoms with Gasteiger partial charge in [-0.05, 0) is 35.9 Å². The third-order valence-electron chi connectivity index (χ3n) is 5.12. The van der Waals surface area contributed by atoms with E-state index in [-0.39, 0.29) is 11.8 Å². The summed E-state index contributed by atoms with van der Waals surface area (Å²) < 4.78 is 5.47. The molecule has 1 aliphatic heterocycles. The van der Waals surface area contributed by atoms with Gasteiger partial charge in [0.15, 0.2) is 0 Å². The maximum Gasteiger partial charge on any atom is 0.267 e. The molecule has 1 aromatic heterocycles. The lowest BCUT2D eigenvalue weighted by atomic mass is 10.1. The van der Waals surface area contributed by atoms with E-state index < -0.39 is 0 Å². The van der Waals surface area contributed by atoms with Crippen LogP contribution in [0.25, 0.3) is 10.4 Å². The molecule has 2 aromatic carbocycles. The highest BCUT2D eigenvalue weighted by Gasteiger charge is 2.28. The van der Waals surface area contributed by atoms with E-state index in [1.165, 1.54) is 11.3 Å². The van der Waals surface area contributed by atoms with Crippen molar-refractivity contribution < 1.29 is 14.3 Å². The molecule has 0 unspecified atom stereocenters. The van der Waals surface area contributed by atoms with Gasteiger partial charge in [-0.25, -0.2) is 0 Å². The Balaban J connectivity index is 1.45. The molecule has 1 aliphatic rings. The van der Waals surface area contributed by atoms with Crippen LogP contribution in [0.3, 0.4) is 0 Å². The number of hydrogen-bond donors (Lipinski definition) is 0. The fourth-order valence-corrected chi connectivity index (χ4v) is 4.68. The average molecular weight is 441 g/mol. The lowest BCUT2D eigenvalue weighted by Crippen LogP contribution is -2.50. The summed E-state index contributed by atoms with van der Waals surface area (Å²) in [6, 6.07) is 18.7. The number of carbonyl (C=O) groups is 2. The predicted octanol–water partition coefficient (Wildman–Crippen LogP) is 4.68. The third-order valence-corrected chi connectivity index (χ3v) is 6.52. The number of benzene rings is 2. The molecule has 0 saturated carbocycles. The molecular formula is C23H21ClN2O3S. The molecule has 0 bridgehead atoms. The van der Waals surface area contributed by atoms with Crippen molar-refractivity contribution in [3.8, 4) is 16.2 Å². The lowest BCUT2D eigenvalue weighted by molar-refractivity contribution is 0.0536. The molecule has 2 amide bonds. The van der Waals surface area contributed by atoms with Crippen LogP contribution < -0.4 is 4.74 Å². The van der Waals surface area contributed by atoms with Gasteiger partial charge in [-0.1, -0.05) is 41.9 Å². The molecule has 30 heavy (non-hydrogen) atoms. The number of piperazine rings is 1. The summed E-state index contributed by atoms with van der Waals surface area (Å²) in [6.07, 6.45) is 0. The summed E-state index contributed by atoms with van der Waals surface area (Å²) in [5.74, 6) is 0.486. The SMILES string of the molecule is COc1cc(-c2ccccc2)sc1C(=O)N1CCN(C(=O)c2ccc(Cl)cc2)CC1. The standard InChI is InChI=1S/C23H21ClN2O3S/c1-29-19-15-20(16-5-3-2-4-6-16)30-21(19)23(28)26-13-11-25(12-14-26)22(27)17-7-9-18(24)10-8-17/h2-10,15H,11-14H2,1H3. The Hall–Kier alpha value is -2.83. The average Bonchev–Trinajstić information content (AvgIpc) is 3.24. The van der Waals surface area contributed by atoms with Gasteiger partial charge in [0.1, 0.15) is 10.6 Å². The maximum absolute atomic E-state index is 13.1. The number of thiophene rings is 1. The first-order valence-corrected chi connectivity index (χ1v) is 10.8. The van der Waals surface area contributed by atoms with Gasteiger partial charge in [-0.3, -0.25) is 9.59 Å². The number of hydrogen-bond acceptors (Lipinski definition) is 4. The molecule has 3 aromatic rings. The molecule has 0 spiro atoms. The minimum Gasteiger partial charge on any atom is -0.495 e. The quantitative estimate of drug-likeness (QED) is 0.592. The van der Waals surface area contributed by atoms with Gasteiger partial charge in [0.05, 0.1) is 7.11 Å². The van der Waals surface area contributed by atoms with Crippen molar-refractivity contribution in [1.82, 2.24) is 9.80 Å². The van der Waals surface area contributed by atoms with Crippen LogP contribution in [0.15, 0.2) is 60.7 Å². The summed E-state index contributed by atoms with van der Waals surface area (Å²) in [4.78, 5) is 31.0. The van der Waals surface area contributed by atoms with E-state index >= 15 is 0 Å². The Kier molecular flexibility index (Phi) is 6.06. The summed E-state index contributed by atoms with van der Waals surface area (Å²) >= 11 is 7.34. The Morgan fingerprint density at radius 3 is 2.10 bits per heavy atom. The fraction of sp³-hybridized carbons (Fsp3) is 0.217. The van der Waals surface area contributed by atoms with E-state index in [1.807, 2.05) is 36.4 Å². The van der Waals surface area contributed by atoms with Crippen molar-refractivity contribution in [2.45, 2.75) is 0 Å². The van der Waals surface area contributed by atoms with E-state index in [2.05, 4.69) is 0 Å². The van der Waals surface area contributed by atoms with Crippen molar-refractivity contribution in [3.63, 3.8) is 0 Å². The predicted molar refractivity (Wildman–Crippen MR) is 120 cm³/mol. The Morgan fingerprint density at radius 1 is 0.900 bits per heavy atom. The van der Waals surface area contributed by atoms with E-state index in [0.29, 0.717) is 47.4 Å². The molecule has 0 radical (unpaired) electrons. The maximum atomic E-state index is 13.1. The molecule has 0 aliphatic carbocycles. The van der Waals surface area contributed by atoms with E-state index in [0.717, 1.165) is 10.4 Å². The number of carbonyl (C=O) groups excluding carboxylic acids is 2. The molecule has 0 N–H and O–H groups in total. The van der Waals surface area contributed by atoms with Crippen LogP contribution in [-0.2, 0) is 0 Å². The highest BCUT2D eigenvalue weighted by Crippen LogP contribution is 2.37. The summed E-state index contributed by atoms with van der Waals surface area (Å²) in [7, 11) is 1.58. The molecule has 154 valence electrons.